The van der Waals surface area contributed by atoms with Crippen molar-refractivity contribution >= 4 is 39.7 Å². The number of nitrogens with zero attached hydrogens (tertiary/aromatic N) is 6. The van der Waals surface area contributed by atoms with Crippen molar-refractivity contribution in [3.8, 4) is 10.7 Å². The molecule has 170 valence electrons. The third-order valence-electron chi connectivity index (χ3n) is 6.52. The number of para-hydroxylation sites is 1. The molecule has 0 bridgehead atoms. The fourth-order valence-corrected chi connectivity index (χ4v) is 5.45. The van der Waals surface area contributed by atoms with E-state index in [1.807, 2.05) is 71.8 Å². The summed E-state index contributed by atoms with van der Waals surface area (Å²) < 4.78 is 2.07. The minimum Gasteiger partial charge on any atom is -0.338 e. The van der Waals surface area contributed by atoms with Gasteiger partial charge in [-0.25, -0.2) is 9.38 Å². The number of carbonyl (C=O) groups excluding carboxylic acids is 1. The van der Waals surface area contributed by atoms with Crippen molar-refractivity contribution in [3.05, 3.63) is 77.2 Å². The molecule has 0 spiro atoms. The number of benzene rings is 2. The molecule has 0 unspecified atom stereocenters. The largest absolute Gasteiger partial charge is 0.338 e. The molecule has 3 aromatic heterocycles. The van der Waals surface area contributed by atoms with E-state index in [-0.39, 0.29) is 11.9 Å². The summed E-state index contributed by atoms with van der Waals surface area (Å²) in [6.45, 7) is 6.08. The average molecular weight is 469 g/mol. The van der Waals surface area contributed by atoms with Crippen LogP contribution in [0.3, 0.4) is 0 Å². The smallest absolute Gasteiger partial charge is 0.254 e. The molecule has 1 atom stereocenters. The lowest BCUT2D eigenvalue weighted by molar-refractivity contribution is 0.0672. The second kappa shape index (κ2) is 8.22. The van der Waals surface area contributed by atoms with Crippen LogP contribution in [0.25, 0.3) is 27.3 Å². The van der Waals surface area contributed by atoms with Gasteiger partial charge in [0.15, 0.2) is 11.5 Å². The van der Waals surface area contributed by atoms with Gasteiger partial charge in [0.05, 0.1) is 10.4 Å². The molecule has 1 saturated heterocycles. The summed E-state index contributed by atoms with van der Waals surface area (Å²) in [5.74, 6) is 1.70. The molecule has 6 rings (SSSR count). The summed E-state index contributed by atoms with van der Waals surface area (Å²) >= 11 is 1.64. The maximum absolute atomic E-state index is 13.3. The Hall–Kier alpha value is -3.78. The summed E-state index contributed by atoms with van der Waals surface area (Å²) in [5, 5.41) is 12.1. The number of amides is 1. The predicted molar refractivity (Wildman–Crippen MR) is 135 cm³/mol. The molecule has 34 heavy (non-hydrogen) atoms. The lowest BCUT2D eigenvalue weighted by Gasteiger charge is -2.40. The van der Waals surface area contributed by atoms with Gasteiger partial charge in [-0.3, -0.25) is 4.79 Å². The number of thiophene rings is 1. The minimum atomic E-state index is 0.0332. The molecule has 0 aliphatic carbocycles. The molecule has 0 N–H and O–H groups in total. The first-order valence-electron chi connectivity index (χ1n) is 11.4. The van der Waals surface area contributed by atoms with Crippen LogP contribution in [0.1, 0.15) is 22.8 Å². The van der Waals surface area contributed by atoms with Gasteiger partial charge < -0.3 is 9.80 Å². The van der Waals surface area contributed by atoms with Crippen LogP contribution in [0.4, 0.5) is 5.95 Å². The first-order valence-corrected chi connectivity index (χ1v) is 12.3. The Kier molecular flexibility index (Phi) is 5.03. The molecule has 0 saturated carbocycles. The summed E-state index contributed by atoms with van der Waals surface area (Å²) in [4.78, 5) is 23.6. The van der Waals surface area contributed by atoms with E-state index >= 15 is 0 Å². The average Bonchev–Trinajstić information content (AvgIpc) is 3.54. The number of aromatic nitrogens is 4. The number of hydrogen-bond donors (Lipinski definition) is 0. The Balaban J connectivity index is 1.40. The van der Waals surface area contributed by atoms with Gasteiger partial charge in [-0.1, -0.05) is 36.4 Å². The van der Waals surface area contributed by atoms with E-state index in [0.717, 1.165) is 44.3 Å². The summed E-state index contributed by atoms with van der Waals surface area (Å²) in [6.07, 6.45) is 0. The van der Waals surface area contributed by atoms with Crippen molar-refractivity contribution < 1.29 is 4.79 Å². The Labute approximate surface area is 201 Å². The van der Waals surface area contributed by atoms with E-state index in [9.17, 15) is 4.79 Å². The van der Waals surface area contributed by atoms with Gasteiger partial charge in [0.1, 0.15) is 0 Å². The minimum absolute atomic E-state index is 0.0332. The van der Waals surface area contributed by atoms with Crippen molar-refractivity contribution in [1.82, 2.24) is 24.5 Å². The number of aryl methyl sites for hydroxylation is 1. The van der Waals surface area contributed by atoms with Crippen LogP contribution in [0.5, 0.6) is 0 Å². The SMILES string of the molecule is Cc1ccccc1C(=O)N1CCN(c2nc3ccccc3c3nnc(-c4cccs4)n23)C[C@H]1C. The quantitative estimate of drug-likeness (QED) is 0.385. The van der Waals surface area contributed by atoms with Crippen LogP contribution in [0.15, 0.2) is 66.0 Å². The number of rotatable bonds is 3. The lowest BCUT2D eigenvalue weighted by Crippen LogP contribution is -2.54. The fraction of sp³-hybridized carbons (Fsp3) is 0.231. The number of anilines is 1. The highest BCUT2D eigenvalue weighted by Crippen LogP contribution is 2.31. The first kappa shape index (κ1) is 20.8. The van der Waals surface area contributed by atoms with Crippen LogP contribution >= 0.6 is 11.3 Å². The maximum Gasteiger partial charge on any atom is 0.254 e. The molecule has 1 fully saturated rings. The van der Waals surface area contributed by atoms with Gasteiger partial charge >= 0.3 is 0 Å². The van der Waals surface area contributed by atoms with Gasteiger partial charge in [-0.15, -0.1) is 21.5 Å². The van der Waals surface area contributed by atoms with Crippen LogP contribution in [-0.2, 0) is 0 Å². The Morgan fingerprint density at radius 2 is 1.82 bits per heavy atom. The maximum atomic E-state index is 13.3. The summed E-state index contributed by atoms with van der Waals surface area (Å²) in [5.41, 5.74) is 3.47. The molecule has 1 amide bonds. The van der Waals surface area contributed by atoms with Crippen molar-refractivity contribution in [2.45, 2.75) is 19.9 Å². The Bertz CT molecular complexity index is 1510. The summed E-state index contributed by atoms with van der Waals surface area (Å²) in [7, 11) is 0. The zero-order valence-corrected chi connectivity index (χ0v) is 19.9. The van der Waals surface area contributed by atoms with Crippen molar-refractivity contribution in [2.75, 3.05) is 24.5 Å². The highest BCUT2D eigenvalue weighted by Gasteiger charge is 2.31. The van der Waals surface area contributed by atoms with Gasteiger partial charge in [-0.2, -0.15) is 0 Å². The van der Waals surface area contributed by atoms with E-state index in [2.05, 4.69) is 32.5 Å². The van der Waals surface area contributed by atoms with Crippen LogP contribution in [-0.4, -0.2) is 56.1 Å². The fourth-order valence-electron chi connectivity index (χ4n) is 4.75. The number of hydrogen-bond acceptors (Lipinski definition) is 6. The third-order valence-corrected chi connectivity index (χ3v) is 7.38. The van der Waals surface area contributed by atoms with E-state index in [0.29, 0.717) is 19.6 Å². The number of carbonyl (C=O) groups is 1. The van der Waals surface area contributed by atoms with Crippen LogP contribution in [0.2, 0.25) is 0 Å². The topological polar surface area (TPSA) is 66.6 Å². The number of fused-ring (bicyclic) bond motifs is 3. The molecule has 5 aromatic rings. The number of piperazine rings is 1. The zero-order chi connectivity index (χ0) is 23.2. The van der Waals surface area contributed by atoms with Gasteiger partial charge in [0.25, 0.3) is 5.91 Å². The standard InChI is InChI=1S/C26H24N6OS/c1-17-8-3-4-9-19(17)25(33)31-14-13-30(16-18(31)2)26-27-21-11-6-5-10-20(21)23-28-29-24(32(23)26)22-12-7-15-34-22/h3-12,15,18H,13-14,16H2,1-2H3/t18-/m1/s1. The molecule has 1 aliphatic rings. The van der Waals surface area contributed by atoms with Crippen LogP contribution < -0.4 is 4.90 Å². The second-order valence-corrected chi connectivity index (χ2v) is 9.65. The molecule has 7 nitrogen and oxygen atoms in total. The van der Waals surface area contributed by atoms with Gasteiger partial charge in [0.2, 0.25) is 5.95 Å². The third kappa shape index (κ3) is 3.33. The van der Waals surface area contributed by atoms with Crippen molar-refractivity contribution in [3.63, 3.8) is 0 Å². The monoisotopic (exact) mass is 468 g/mol. The van der Waals surface area contributed by atoms with E-state index in [4.69, 9.17) is 4.98 Å². The van der Waals surface area contributed by atoms with Crippen LogP contribution in [0, 0.1) is 6.92 Å². The van der Waals surface area contributed by atoms with Gasteiger partial charge in [0, 0.05) is 36.6 Å². The molecule has 4 heterocycles. The van der Waals surface area contributed by atoms with E-state index in [1.54, 1.807) is 11.3 Å². The molecular formula is C26H24N6OS. The molecule has 0 radical (unpaired) electrons. The zero-order valence-electron chi connectivity index (χ0n) is 19.0. The van der Waals surface area contributed by atoms with E-state index < -0.39 is 0 Å². The lowest BCUT2D eigenvalue weighted by atomic mass is 10.1. The van der Waals surface area contributed by atoms with Gasteiger partial charge in [-0.05, 0) is 49.1 Å². The Morgan fingerprint density at radius 1 is 1.00 bits per heavy atom. The highest BCUT2D eigenvalue weighted by molar-refractivity contribution is 7.13. The molecular weight excluding hydrogens is 444 g/mol. The normalized spacial score (nSPS) is 16.5. The van der Waals surface area contributed by atoms with E-state index in [1.165, 1.54) is 0 Å². The first-order chi connectivity index (χ1) is 16.6. The van der Waals surface area contributed by atoms with Crippen molar-refractivity contribution in [1.29, 1.82) is 0 Å². The molecule has 2 aromatic carbocycles. The Morgan fingerprint density at radius 3 is 2.62 bits per heavy atom. The predicted octanol–water partition coefficient (Wildman–Crippen LogP) is 4.67. The van der Waals surface area contributed by atoms with Crippen molar-refractivity contribution in [2.24, 2.45) is 0 Å². The second-order valence-electron chi connectivity index (χ2n) is 8.70. The highest BCUT2D eigenvalue weighted by atomic mass is 32.1. The molecule has 1 aliphatic heterocycles. The summed E-state index contributed by atoms with van der Waals surface area (Å²) in [6, 6.07) is 20.0. The molecule has 8 heteroatoms.